The third kappa shape index (κ3) is 2.21. The van der Waals surface area contributed by atoms with E-state index in [4.69, 9.17) is 4.98 Å². The molecule has 1 aliphatic rings. The fraction of sp³-hybridized carbons (Fsp3) is 0.316. The summed E-state index contributed by atoms with van der Waals surface area (Å²) in [5, 5.41) is 13.5. The topological polar surface area (TPSA) is 50.1 Å². The van der Waals surface area contributed by atoms with Gasteiger partial charge in [0.15, 0.2) is 0 Å². The Hall–Kier alpha value is -2.33. The maximum Gasteiger partial charge on any atom is 0.112 e. The number of aryl methyl sites for hydroxylation is 2. The number of imidazole rings is 1. The van der Waals surface area contributed by atoms with Crippen molar-refractivity contribution in [1.82, 2.24) is 9.55 Å². The SMILES string of the molecule is Cc1nc2c3c(c(CO)cc2n1C)CCC(c1ccccc1)N3. The number of fused-ring (bicyclic) bond motifs is 3. The van der Waals surface area contributed by atoms with Crippen LogP contribution < -0.4 is 5.32 Å². The number of rotatable bonds is 2. The molecule has 0 saturated heterocycles. The average molecular weight is 307 g/mol. The van der Waals surface area contributed by atoms with Crippen molar-refractivity contribution in [3.05, 3.63) is 58.9 Å². The van der Waals surface area contributed by atoms with Gasteiger partial charge in [0.25, 0.3) is 0 Å². The van der Waals surface area contributed by atoms with Crippen molar-refractivity contribution >= 4 is 16.7 Å². The first-order valence-electron chi connectivity index (χ1n) is 8.09. The summed E-state index contributed by atoms with van der Waals surface area (Å²) >= 11 is 0. The molecule has 118 valence electrons. The molecule has 4 heteroatoms. The highest BCUT2D eigenvalue weighted by Gasteiger charge is 2.25. The van der Waals surface area contributed by atoms with Crippen LogP contribution >= 0.6 is 0 Å². The van der Waals surface area contributed by atoms with Gasteiger partial charge in [-0.05, 0) is 42.5 Å². The number of anilines is 1. The zero-order valence-electron chi connectivity index (χ0n) is 13.5. The fourth-order valence-corrected chi connectivity index (χ4v) is 3.58. The van der Waals surface area contributed by atoms with Crippen molar-refractivity contribution < 1.29 is 5.11 Å². The number of aromatic nitrogens is 2. The summed E-state index contributed by atoms with van der Waals surface area (Å²) in [5.41, 5.74) is 6.70. The van der Waals surface area contributed by atoms with Crippen LogP contribution in [0.5, 0.6) is 0 Å². The van der Waals surface area contributed by atoms with Crippen molar-refractivity contribution in [2.75, 3.05) is 5.32 Å². The van der Waals surface area contributed by atoms with Crippen LogP contribution in [0.1, 0.15) is 35.0 Å². The zero-order valence-corrected chi connectivity index (χ0v) is 13.5. The highest BCUT2D eigenvalue weighted by molar-refractivity contribution is 5.92. The summed E-state index contributed by atoms with van der Waals surface area (Å²) in [6.07, 6.45) is 1.99. The van der Waals surface area contributed by atoms with Crippen LogP contribution in [-0.4, -0.2) is 14.7 Å². The predicted octanol–water partition coefficient (Wildman–Crippen LogP) is 3.47. The monoisotopic (exact) mass is 307 g/mol. The van der Waals surface area contributed by atoms with Gasteiger partial charge in [-0.25, -0.2) is 4.98 Å². The number of hydrogen-bond acceptors (Lipinski definition) is 3. The van der Waals surface area contributed by atoms with Crippen molar-refractivity contribution in [2.45, 2.75) is 32.4 Å². The lowest BCUT2D eigenvalue weighted by atomic mass is 9.90. The lowest BCUT2D eigenvalue weighted by Crippen LogP contribution is -2.19. The van der Waals surface area contributed by atoms with Gasteiger partial charge in [-0.3, -0.25) is 0 Å². The number of benzene rings is 2. The van der Waals surface area contributed by atoms with Crippen LogP contribution in [-0.2, 0) is 20.1 Å². The Morgan fingerprint density at radius 3 is 2.83 bits per heavy atom. The van der Waals surface area contributed by atoms with Crippen LogP contribution in [0.4, 0.5) is 5.69 Å². The molecule has 23 heavy (non-hydrogen) atoms. The number of nitrogens with zero attached hydrogens (tertiary/aromatic N) is 2. The van der Waals surface area contributed by atoms with Gasteiger partial charge in [-0.2, -0.15) is 0 Å². The second kappa shape index (κ2) is 5.39. The van der Waals surface area contributed by atoms with Gasteiger partial charge in [0.1, 0.15) is 11.3 Å². The van der Waals surface area contributed by atoms with Gasteiger partial charge in [-0.1, -0.05) is 30.3 Å². The van der Waals surface area contributed by atoms with E-state index in [1.165, 1.54) is 11.1 Å². The van der Waals surface area contributed by atoms with Crippen LogP contribution in [0, 0.1) is 6.92 Å². The smallest absolute Gasteiger partial charge is 0.112 e. The van der Waals surface area contributed by atoms with Crippen molar-refractivity contribution in [3.8, 4) is 0 Å². The second-order valence-electron chi connectivity index (χ2n) is 6.28. The van der Waals surface area contributed by atoms with Crippen molar-refractivity contribution in [1.29, 1.82) is 0 Å². The number of aliphatic hydroxyl groups is 1. The lowest BCUT2D eigenvalue weighted by molar-refractivity contribution is 0.280. The zero-order chi connectivity index (χ0) is 16.0. The quantitative estimate of drug-likeness (QED) is 0.762. The summed E-state index contributed by atoms with van der Waals surface area (Å²) in [5.74, 6) is 0.987. The minimum absolute atomic E-state index is 0.0696. The first-order valence-corrected chi connectivity index (χ1v) is 8.09. The summed E-state index contributed by atoms with van der Waals surface area (Å²) < 4.78 is 2.09. The maximum atomic E-state index is 9.78. The Bertz CT molecular complexity index is 867. The molecule has 0 fully saturated rings. The molecular weight excluding hydrogens is 286 g/mol. The molecule has 0 saturated carbocycles. The van der Waals surface area contributed by atoms with Crippen molar-refractivity contribution in [2.24, 2.45) is 7.05 Å². The highest BCUT2D eigenvalue weighted by Crippen LogP contribution is 2.39. The van der Waals surface area contributed by atoms with Crippen LogP contribution in [0.2, 0.25) is 0 Å². The Labute approximate surface area is 135 Å². The molecule has 1 aromatic heterocycles. The van der Waals surface area contributed by atoms with E-state index in [0.717, 1.165) is 41.0 Å². The molecule has 0 bridgehead atoms. The summed E-state index contributed by atoms with van der Waals surface area (Å²) in [4.78, 5) is 4.75. The van der Waals surface area contributed by atoms with Gasteiger partial charge in [-0.15, -0.1) is 0 Å². The lowest BCUT2D eigenvalue weighted by Gasteiger charge is -2.29. The van der Waals surface area contributed by atoms with E-state index >= 15 is 0 Å². The van der Waals surface area contributed by atoms with Gasteiger partial charge in [0.05, 0.1) is 23.9 Å². The molecule has 1 aliphatic heterocycles. The molecule has 3 aromatic rings. The van der Waals surface area contributed by atoms with E-state index in [1.807, 2.05) is 20.0 Å². The molecule has 2 heterocycles. The molecule has 4 rings (SSSR count). The first-order chi connectivity index (χ1) is 11.2. The Morgan fingerprint density at radius 1 is 1.30 bits per heavy atom. The van der Waals surface area contributed by atoms with Gasteiger partial charge in [0.2, 0.25) is 0 Å². The Morgan fingerprint density at radius 2 is 2.09 bits per heavy atom. The van der Waals surface area contributed by atoms with Gasteiger partial charge < -0.3 is 15.0 Å². The van der Waals surface area contributed by atoms with E-state index in [1.54, 1.807) is 0 Å². The number of hydrogen-bond donors (Lipinski definition) is 2. The van der Waals surface area contributed by atoms with E-state index in [0.29, 0.717) is 6.04 Å². The van der Waals surface area contributed by atoms with Crippen LogP contribution in [0.25, 0.3) is 11.0 Å². The number of aliphatic hydroxyl groups excluding tert-OH is 1. The van der Waals surface area contributed by atoms with E-state index in [-0.39, 0.29) is 6.61 Å². The maximum absolute atomic E-state index is 9.78. The number of nitrogens with one attached hydrogen (secondary N) is 1. The second-order valence-corrected chi connectivity index (χ2v) is 6.28. The molecular formula is C19H21N3O. The summed E-state index contributed by atoms with van der Waals surface area (Å²) in [6, 6.07) is 12.9. The van der Waals surface area contributed by atoms with Crippen LogP contribution in [0.15, 0.2) is 36.4 Å². The Kier molecular flexibility index (Phi) is 3.34. The average Bonchev–Trinajstić information content (AvgIpc) is 2.89. The minimum Gasteiger partial charge on any atom is -0.392 e. The molecule has 0 aliphatic carbocycles. The van der Waals surface area contributed by atoms with Crippen molar-refractivity contribution in [3.63, 3.8) is 0 Å². The van der Waals surface area contributed by atoms with E-state index in [9.17, 15) is 5.11 Å². The van der Waals surface area contributed by atoms with E-state index in [2.05, 4.69) is 40.2 Å². The standard InChI is InChI=1S/C19H21N3O/c1-12-20-19-17(22(12)2)10-14(11-23)15-8-9-16(21-18(15)19)13-6-4-3-5-7-13/h3-7,10,16,21,23H,8-9,11H2,1-2H3. The van der Waals surface area contributed by atoms with Gasteiger partial charge in [0, 0.05) is 7.05 Å². The predicted molar refractivity (Wildman–Crippen MR) is 92.5 cm³/mol. The molecule has 0 radical (unpaired) electrons. The largest absolute Gasteiger partial charge is 0.392 e. The minimum atomic E-state index is 0.0696. The third-order valence-electron chi connectivity index (χ3n) is 4.97. The molecule has 2 N–H and O–H groups in total. The molecule has 1 atom stereocenters. The highest BCUT2D eigenvalue weighted by atomic mass is 16.3. The summed E-state index contributed by atoms with van der Waals surface area (Å²) in [6.45, 7) is 2.09. The molecule has 0 amide bonds. The van der Waals surface area contributed by atoms with Gasteiger partial charge >= 0.3 is 0 Å². The molecule has 1 unspecified atom stereocenters. The van der Waals surface area contributed by atoms with E-state index < -0.39 is 0 Å². The fourth-order valence-electron chi connectivity index (χ4n) is 3.58. The molecule has 2 aromatic carbocycles. The normalized spacial score (nSPS) is 17.1. The van der Waals surface area contributed by atoms with Crippen LogP contribution in [0.3, 0.4) is 0 Å². The molecule has 4 nitrogen and oxygen atoms in total. The molecule has 0 spiro atoms. The Balaban J connectivity index is 1.87. The third-order valence-corrected chi connectivity index (χ3v) is 4.97. The first kappa shape index (κ1) is 14.3. The summed E-state index contributed by atoms with van der Waals surface area (Å²) in [7, 11) is 2.02.